The van der Waals surface area contributed by atoms with Gasteiger partial charge in [0.1, 0.15) is 11.2 Å². The molecule has 18 aromatic rings. The fraction of sp³-hybridized carbons (Fsp3) is 0.0860. The van der Waals surface area contributed by atoms with Crippen LogP contribution in [-0.4, -0.2) is 15.8 Å². The van der Waals surface area contributed by atoms with Gasteiger partial charge in [-0.3, -0.25) is 0 Å². The molecule has 2 aliphatic rings. The fourth-order valence-corrected chi connectivity index (χ4v) is 17.7. The van der Waals surface area contributed by atoms with Crippen molar-refractivity contribution in [2.45, 2.75) is 52.4 Å². The maximum Gasteiger partial charge on any atom is 0.252 e. The molecule has 0 saturated heterocycles. The Bertz CT molecular complexity index is 6790. The molecule has 14 aromatic carbocycles. The quantitative estimate of drug-likeness (QED) is 0.149. The molecule has 6 heterocycles. The lowest BCUT2D eigenvalue weighted by molar-refractivity contribution is 0.590. The van der Waals surface area contributed by atoms with Gasteiger partial charge in [0.2, 0.25) is 0 Å². The van der Waals surface area contributed by atoms with Gasteiger partial charge in [-0.1, -0.05) is 217 Å². The number of para-hydroxylation sites is 4. The largest absolute Gasteiger partial charge is 0.455 e. The van der Waals surface area contributed by atoms with Crippen LogP contribution in [-0.2, 0) is 10.8 Å². The van der Waals surface area contributed by atoms with E-state index in [1.807, 2.05) is 22.0 Å². The number of thiophene rings is 1. The molecule has 0 unspecified atom stereocenters. The van der Waals surface area contributed by atoms with Gasteiger partial charge in [-0.2, -0.15) is 5.26 Å². The molecule has 0 N–H and O–H groups in total. The summed E-state index contributed by atoms with van der Waals surface area (Å²) in [6.07, 6.45) is 0. The molecule has 478 valence electrons. The SMILES string of the molecule is [2H]c1c([2H])c([2H])c2c(c1[2H])c1cc(C#N)ccc1n2-c1ccc2c(c1)N(c1ccc(C(C)(C)C)cc1-c1ccccc1)c1cc(-c3cccc4c3oc3ccc5sc6ccccc6c5c34)cc3c1B2c1ccc(-n2c4ccccc4c4ccccc42)cc1N3c1ccc(C(C)(C)C)cc1-c1ccccc1. The van der Waals surface area contributed by atoms with Crippen LogP contribution in [0.4, 0.5) is 34.1 Å². The average molecular weight is 1320 g/mol. The predicted molar refractivity (Wildman–Crippen MR) is 428 cm³/mol. The van der Waals surface area contributed by atoms with Crippen molar-refractivity contribution < 1.29 is 9.90 Å². The second kappa shape index (κ2) is 21.9. The molecule has 2 aliphatic heterocycles. The highest BCUT2D eigenvalue weighted by Gasteiger charge is 2.45. The summed E-state index contributed by atoms with van der Waals surface area (Å²) in [5, 5.41) is 18.2. The number of hydrogen-bond donors (Lipinski definition) is 0. The Kier molecular flexibility index (Phi) is 11.9. The number of nitriles is 1. The van der Waals surface area contributed by atoms with Crippen molar-refractivity contribution in [1.29, 1.82) is 5.26 Å². The van der Waals surface area contributed by atoms with E-state index in [9.17, 15) is 9.37 Å². The summed E-state index contributed by atoms with van der Waals surface area (Å²) in [7, 11) is 0. The van der Waals surface area contributed by atoms with E-state index in [0.29, 0.717) is 33.1 Å². The van der Waals surface area contributed by atoms with Crippen LogP contribution in [0.15, 0.2) is 296 Å². The second-order valence-electron chi connectivity index (χ2n) is 29.2. The zero-order valence-electron chi connectivity index (χ0n) is 60.5. The summed E-state index contributed by atoms with van der Waals surface area (Å²) in [5.41, 5.74) is 24.1. The zero-order valence-corrected chi connectivity index (χ0v) is 57.3. The minimum Gasteiger partial charge on any atom is -0.455 e. The monoisotopic (exact) mass is 1320 g/mol. The maximum atomic E-state index is 10.4. The van der Waals surface area contributed by atoms with Gasteiger partial charge in [0.25, 0.3) is 6.71 Å². The molecule has 0 amide bonds. The van der Waals surface area contributed by atoms with Crippen molar-refractivity contribution in [3.63, 3.8) is 0 Å². The Hall–Kier alpha value is -12.1. The van der Waals surface area contributed by atoms with Gasteiger partial charge >= 0.3 is 0 Å². The molecule has 0 spiro atoms. The zero-order chi connectivity index (χ0) is 71.2. The van der Waals surface area contributed by atoms with Crippen LogP contribution in [0.25, 0.3) is 130 Å². The van der Waals surface area contributed by atoms with E-state index in [-0.39, 0.29) is 35.0 Å². The van der Waals surface area contributed by atoms with E-state index in [4.69, 9.17) is 5.79 Å². The van der Waals surface area contributed by atoms with E-state index in [2.05, 4.69) is 311 Å². The third kappa shape index (κ3) is 8.89. The molecule has 0 fully saturated rings. The van der Waals surface area contributed by atoms with E-state index in [1.54, 1.807) is 12.1 Å². The van der Waals surface area contributed by atoms with Crippen molar-refractivity contribution in [1.82, 2.24) is 9.13 Å². The van der Waals surface area contributed by atoms with E-state index in [0.717, 1.165) is 123 Å². The van der Waals surface area contributed by atoms with Crippen molar-refractivity contribution in [2.24, 2.45) is 0 Å². The Morgan fingerprint density at radius 2 is 0.941 bits per heavy atom. The molecular formula is C93H66BN5OS. The Balaban J connectivity index is 0.963. The number of hydrogen-bond acceptors (Lipinski definition) is 5. The summed E-state index contributed by atoms with van der Waals surface area (Å²) in [6, 6.07) is 98.1. The lowest BCUT2D eigenvalue weighted by atomic mass is 9.33. The lowest BCUT2D eigenvalue weighted by Gasteiger charge is -2.45. The summed E-state index contributed by atoms with van der Waals surface area (Å²) >= 11 is 1.81. The molecule has 0 radical (unpaired) electrons. The number of benzene rings is 14. The smallest absolute Gasteiger partial charge is 0.252 e. The lowest BCUT2D eigenvalue weighted by Crippen LogP contribution is -2.61. The molecule has 101 heavy (non-hydrogen) atoms. The Morgan fingerprint density at radius 3 is 1.54 bits per heavy atom. The molecule has 0 bridgehead atoms. The molecule has 0 atom stereocenters. The van der Waals surface area contributed by atoms with Crippen LogP contribution in [0, 0.1) is 11.3 Å². The first-order valence-electron chi connectivity index (χ1n) is 36.6. The minimum atomic E-state index is -0.401. The van der Waals surface area contributed by atoms with Gasteiger partial charge in [-0.15, -0.1) is 11.3 Å². The number of rotatable bonds is 7. The van der Waals surface area contributed by atoms with Gasteiger partial charge in [0, 0.05) is 103 Å². The third-order valence-corrected chi connectivity index (χ3v) is 22.5. The molecule has 0 saturated carbocycles. The van der Waals surface area contributed by atoms with E-state index in [1.165, 1.54) is 42.1 Å². The molecule has 4 aromatic heterocycles. The summed E-state index contributed by atoms with van der Waals surface area (Å²) in [6.45, 7) is 13.3. The van der Waals surface area contributed by atoms with Gasteiger partial charge in [-0.05, 0) is 170 Å². The maximum absolute atomic E-state index is 10.4. The highest BCUT2D eigenvalue weighted by atomic mass is 32.1. The van der Waals surface area contributed by atoms with Gasteiger partial charge < -0.3 is 23.4 Å². The van der Waals surface area contributed by atoms with Gasteiger partial charge in [-0.25, -0.2) is 0 Å². The molecular weight excluding hydrogens is 1250 g/mol. The third-order valence-electron chi connectivity index (χ3n) is 21.4. The average Bonchev–Trinajstić information content (AvgIpc) is 1.22. The molecule has 8 heteroatoms. The number of nitrogens with zero attached hydrogens (tertiary/aromatic N) is 5. The van der Waals surface area contributed by atoms with E-state index >= 15 is 0 Å². The summed E-state index contributed by atoms with van der Waals surface area (Å²) in [4.78, 5) is 5.05. The molecule has 0 aliphatic carbocycles. The van der Waals surface area contributed by atoms with Crippen molar-refractivity contribution in [3.8, 4) is 50.8 Å². The van der Waals surface area contributed by atoms with Crippen LogP contribution < -0.4 is 26.2 Å². The second-order valence-corrected chi connectivity index (χ2v) is 30.3. The number of furan rings is 1. The molecule has 6 nitrogen and oxygen atoms in total. The van der Waals surface area contributed by atoms with Crippen LogP contribution in [0.2, 0.25) is 0 Å². The standard InChI is InChI=1S/C93H66BN5OS/c1-92(2,3)60-37-44-78(70(51-60)57-22-9-7-10-23-57)98-81-53-62(96-75-32-17-13-26-65(75)66-27-14-18-33-76(66)96)39-41-73(81)94-74-42-40-63(97-77-34-19-15-28-67(77)72-48-56(55-95)36-43-80(72)97)54-82(74)99(79-45-38-61(93(4,5)6)52-71(79)58-24-11-8-12-25-58)84-50-59(49-83(98)90(84)94)64-30-21-31-69-88-85(100-91(64)69)46-47-87-89(88)68-29-16-20-35-86(68)101-87/h7-54H,1-6H3/i15D,19D,28D,34D. The predicted octanol–water partition coefficient (Wildman–Crippen LogP) is 23.7. The summed E-state index contributed by atoms with van der Waals surface area (Å²) < 4.78 is 51.9. The first kappa shape index (κ1) is 54.8. The first-order chi connectivity index (χ1) is 51.0. The Labute approximate surface area is 595 Å². The van der Waals surface area contributed by atoms with Crippen LogP contribution in [0.3, 0.4) is 0 Å². The number of anilines is 6. The fourth-order valence-electron chi connectivity index (χ4n) is 16.6. The van der Waals surface area contributed by atoms with E-state index < -0.39 is 6.71 Å². The van der Waals surface area contributed by atoms with Gasteiger partial charge in [0.05, 0.1) is 50.6 Å². The topological polar surface area (TPSA) is 53.3 Å². The summed E-state index contributed by atoms with van der Waals surface area (Å²) in [5.74, 6) is 0. The number of aromatic nitrogens is 2. The highest BCUT2D eigenvalue weighted by Crippen LogP contribution is 2.53. The van der Waals surface area contributed by atoms with Crippen molar-refractivity contribution in [2.75, 3.05) is 9.80 Å². The minimum absolute atomic E-state index is 0.162. The van der Waals surface area contributed by atoms with Crippen LogP contribution in [0.1, 0.15) is 63.7 Å². The normalized spacial score (nSPS) is 13.5. The van der Waals surface area contributed by atoms with Gasteiger partial charge in [0.15, 0.2) is 0 Å². The van der Waals surface area contributed by atoms with Crippen molar-refractivity contribution >= 4 is 154 Å². The van der Waals surface area contributed by atoms with Crippen LogP contribution >= 0.6 is 11.3 Å². The Morgan fingerprint density at radius 1 is 0.396 bits per heavy atom. The first-order valence-corrected chi connectivity index (χ1v) is 35.5. The molecule has 20 rings (SSSR count). The van der Waals surface area contributed by atoms with Crippen molar-refractivity contribution in [3.05, 3.63) is 308 Å². The number of fused-ring (bicyclic) bond motifs is 17. The van der Waals surface area contributed by atoms with Crippen LogP contribution in [0.5, 0.6) is 0 Å². The highest BCUT2D eigenvalue weighted by molar-refractivity contribution is 7.26.